The molecule has 0 saturated heterocycles. The van der Waals surface area contributed by atoms with Crippen molar-refractivity contribution in [2.45, 2.75) is 19.4 Å². The number of carboxylic acids is 1. The van der Waals surface area contributed by atoms with Gasteiger partial charge in [0.15, 0.2) is 11.6 Å². The SMILES string of the molecule is CC(CC(=O)O)N(C)c1nc(Cl)ncc1F. The van der Waals surface area contributed by atoms with E-state index in [-0.39, 0.29) is 17.5 Å². The van der Waals surface area contributed by atoms with Crippen LogP contribution >= 0.6 is 11.6 Å². The molecule has 1 rings (SSSR count). The Morgan fingerprint density at radius 3 is 2.94 bits per heavy atom. The van der Waals surface area contributed by atoms with Gasteiger partial charge in [-0.2, -0.15) is 4.98 Å². The fraction of sp³-hybridized carbons (Fsp3) is 0.444. The molecule has 1 N–H and O–H groups in total. The maximum atomic E-state index is 13.3. The molecule has 5 nitrogen and oxygen atoms in total. The monoisotopic (exact) mass is 247 g/mol. The summed E-state index contributed by atoms with van der Waals surface area (Å²) in [5.74, 6) is -1.60. The van der Waals surface area contributed by atoms with E-state index < -0.39 is 17.8 Å². The highest BCUT2D eigenvalue weighted by Gasteiger charge is 2.18. The highest BCUT2D eigenvalue weighted by molar-refractivity contribution is 6.28. The summed E-state index contributed by atoms with van der Waals surface area (Å²) in [6.45, 7) is 1.66. The molecule has 16 heavy (non-hydrogen) atoms. The topological polar surface area (TPSA) is 66.3 Å². The summed E-state index contributed by atoms with van der Waals surface area (Å²) in [5, 5.41) is 8.55. The van der Waals surface area contributed by atoms with E-state index in [9.17, 15) is 9.18 Å². The van der Waals surface area contributed by atoms with Crippen LogP contribution in [0, 0.1) is 5.82 Å². The number of aliphatic carboxylic acids is 1. The normalized spacial score (nSPS) is 12.2. The Kier molecular flexibility index (Phi) is 4.00. The van der Waals surface area contributed by atoms with Crippen LogP contribution in [-0.2, 0) is 4.79 Å². The fourth-order valence-corrected chi connectivity index (χ4v) is 1.31. The van der Waals surface area contributed by atoms with Crippen molar-refractivity contribution >= 4 is 23.4 Å². The summed E-state index contributed by atoms with van der Waals surface area (Å²) in [7, 11) is 1.55. The van der Waals surface area contributed by atoms with Crippen LogP contribution in [0.15, 0.2) is 6.20 Å². The van der Waals surface area contributed by atoms with Crippen LogP contribution in [0.5, 0.6) is 0 Å². The second kappa shape index (κ2) is 5.07. The van der Waals surface area contributed by atoms with E-state index in [0.29, 0.717) is 0 Å². The van der Waals surface area contributed by atoms with E-state index in [4.69, 9.17) is 16.7 Å². The van der Waals surface area contributed by atoms with Gasteiger partial charge in [0.05, 0.1) is 12.6 Å². The summed E-state index contributed by atoms with van der Waals surface area (Å²) >= 11 is 5.54. The van der Waals surface area contributed by atoms with Gasteiger partial charge in [0.2, 0.25) is 5.28 Å². The smallest absolute Gasteiger partial charge is 0.305 e. The molecule has 1 aromatic rings. The molecule has 0 radical (unpaired) electrons. The van der Waals surface area contributed by atoms with Crippen molar-refractivity contribution in [1.82, 2.24) is 9.97 Å². The number of hydrogen-bond acceptors (Lipinski definition) is 4. The number of halogens is 2. The first-order valence-corrected chi connectivity index (χ1v) is 4.92. The molecule has 0 aliphatic heterocycles. The molecule has 0 saturated carbocycles. The third kappa shape index (κ3) is 3.03. The van der Waals surface area contributed by atoms with Crippen LogP contribution in [0.4, 0.5) is 10.2 Å². The number of carboxylic acid groups (broad SMARTS) is 1. The van der Waals surface area contributed by atoms with Crippen LogP contribution in [0.2, 0.25) is 5.28 Å². The number of aromatic nitrogens is 2. The van der Waals surface area contributed by atoms with Crippen molar-refractivity contribution in [3.05, 3.63) is 17.3 Å². The van der Waals surface area contributed by atoms with Gasteiger partial charge < -0.3 is 10.0 Å². The Labute approximate surface area is 96.9 Å². The fourth-order valence-electron chi connectivity index (χ4n) is 1.18. The van der Waals surface area contributed by atoms with Gasteiger partial charge in [-0.15, -0.1) is 0 Å². The van der Waals surface area contributed by atoms with Crippen LogP contribution in [0.1, 0.15) is 13.3 Å². The zero-order chi connectivity index (χ0) is 12.3. The summed E-state index contributed by atoms with van der Waals surface area (Å²) < 4.78 is 13.3. The first kappa shape index (κ1) is 12.6. The van der Waals surface area contributed by atoms with Crippen molar-refractivity contribution in [1.29, 1.82) is 0 Å². The van der Waals surface area contributed by atoms with Crippen LogP contribution in [0.25, 0.3) is 0 Å². The molecule has 0 aliphatic rings. The second-order valence-electron chi connectivity index (χ2n) is 3.37. The van der Waals surface area contributed by atoms with Gasteiger partial charge in [0.1, 0.15) is 0 Å². The Morgan fingerprint density at radius 1 is 1.75 bits per heavy atom. The van der Waals surface area contributed by atoms with Crippen molar-refractivity contribution in [3.8, 4) is 0 Å². The molecule has 1 aromatic heterocycles. The highest BCUT2D eigenvalue weighted by atomic mass is 35.5. The third-order valence-corrected chi connectivity index (χ3v) is 2.34. The lowest BCUT2D eigenvalue weighted by atomic mass is 10.2. The average molecular weight is 248 g/mol. The van der Waals surface area contributed by atoms with Gasteiger partial charge in [0, 0.05) is 13.1 Å². The second-order valence-corrected chi connectivity index (χ2v) is 3.71. The zero-order valence-corrected chi connectivity index (χ0v) is 9.57. The van der Waals surface area contributed by atoms with E-state index in [1.807, 2.05) is 0 Å². The molecule has 1 unspecified atom stereocenters. The van der Waals surface area contributed by atoms with E-state index in [0.717, 1.165) is 6.20 Å². The van der Waals surface area contributed by atoms with Gasteiger partial charge in [-0.3, -0.25) is 4.79 Å². The zero-order valence-electron chi connectivity index (χ0n) is 8.81. The molecule has 0 fully saturated rings. The lowest BCUT2D eigenvalue weighted by Gasteiger charge is -2.24. The van der Waals surface area contributed by atoms with Crippen LogP contribution in [0.3, 0.4) is 0 Å². The summed E-state index contributed by atoms with van der Waals surface area (Å²) in [6.07, 6.45) is 0.839. The first-order valence-electron chi connectivity index (χ1n) is 4.54. The maximum absolute atomic E-state index is 13.3. The van der Waals surface area contributed by atoms with E-state index in [2.05, 4.69) is 9.97 Å². The van der Waals surface area contributed by atoms with E-state index in [1.165, 1.54) is 4.90 Å². The molecule has 0 spiro atoms. The number of anilines is 1. The van der Waals surface area contributed by atoms with Gasteiger partial charge >= 0.3 is 5.97 Å². The molecular weight excluding hydrogens is 237 g/mol. The number of rotatable bonds is 4. The molecule has 88 valence electrons. The summed E-state index contributed by atoms with van der Waals surface area (Å²) in [4.78, 5) is 19.1. The standard InChI is InChI=1S/C9H11ClFN3O2/c1-5(3-7(15)16)14(2)8-6(11)4-12-9(10)13-8/h4-5H,3H2,1-2H3,(H,15,16). The molecule has 0 amide bonds. The molecule has 1 heterocycles. The largest absolute Gasteiger partial charge is 0.481 e. The molecule has 0 aromatic carbocycles. The molecular formula is C9H11ClFN3O2. The first-order chi connectivity index (χ1) is 7.41. The van der Waals surface area contributed by atoms with Crippen molar-refractivity contribution in [2.75, 3.05) is 11.9 Å². The quantitative estimate of drug-likeness (QED) is 0.818. The van der Waals surface area contributed by atoms with E-state index in [1.54, 1.807) is 14.0 Å². The van der Waals surface area contributed by atoms with Gasteiger partial charge in [-0.05, 0) is 18.5 Å². The van der Waals surface area contributed by atoms with Crippen molar-refractivity contribution in [3.63, 3.8) is 0 Å². The summed E-state index contributed by atoms with van der Waals surface area (Å²) in [6, 6.07) is -0.391. The molecule has 7 heteroatoms. The van der Waals surface area contributed by atoms with Crippen LogP contribution in [-0.4, -0.2) is 34.1 Å². The molecule has 1 atom stereocenters. The number of hydrogen-bond donors (Lipinski definition) is 1. The Morgan fingerprint density at radius 2 is 2.38 bits per heavy atom. The molecule has 0 aliphatic carbocycles. The minimum atomic E-state index is -0.958. The van der Waals surface area contributed by atoms with Crippen LogP contribution < -0.4 is 4.90 Å². The van der Waals surface area contributed by atoms with Gasteiger partial charge in [-0.1, -0.05) is 0 Å². The number of carbonyl (C=O) groups is 1. The van der Waals surface area contributed by atoms with E-state index >= 15 is 0 Å². The van der Waals surface area contributed by atoms with Gasteiger partial charge in [-0.25, -0.2) is 9.37 Å². The molecule has 0 bridgehead atoms. The van der Waals surface area contributed by atoms with Gasteiger partial charge in [0.25, 0.3) is 0 Å². The predicted octanol–water partition coefficient (Wildman–Crippen LogP) is 1.57. The highest BCUT2D eigenvalue weighted by Crippen LogP contribution is 2.19. The Balaban J connectivity index is 2.90. The van der Waals surface area contributed by atoms with Crippen molar-refractivity contribution < 1.29 is 14.3 Å². The summed E-state index contributed by atoms with van der Waals surface area (Å²) in [5.41, 5.74) is 0. The minimum Gasteiger partial charge on any atom is -0.481 e. The predicted molar refractivity (Wildman–Crippen MR) is 57.1 cm³/mol. The van der Waals surface area contributed by atoms with Crippen molar-refractivity contribution in [2.24, 2.45) is 0 Å². The lowest BCUT2D eigenvalue weighted by molar-refractivity contribution is -0.137. The minimum absolute atomic E-state index is 0.00579. The third-order valence-electron chi connectivity index (χ3n) is 2.16. The lowest BCUT2D eigenvalue weighted by Crippen LogP contribution is -2.32. The maximum Gasteiger partial charge on any atom is 0.305 e. The average Bonchev–Trinajstić information content (AvgIpc) is 2.19. The Hall–Kier alpha value is -1.43. The number of nitrogens with zero attached hydrogens (tertiary/aromatic N) is 3. The Bertz CT molecular complexity index is 402.